The summed E-state index contributed by atoms with van der Waals surface area (Å²) in [4.78, 5) is 7.66. The highest BCUT2D eigenvalue weighted by atomic mass is 127. The van der Waals surface area contributed by atoms with E-state index < -0.39 is 0 Å². The summed E-state index contributed by atoms with van der Waals surface area (Å²) in [6, 6.07) is 6.14. The average Bonchev–Trinajstić information content (AvgIpc) is 2.49. The van der Waals surface area contributed by atoms with Crippen molar-refractivity contribution in [2.24, 2.45) is 0 Å². The molecular weight excluding hydrogens is 283 g/mol. The minimum Gasteiger partial charge on any atom is -0.333 e. The molecule has 2 nitrogen and oxygen atoms in total. The minimum absolute atomic E-state index is 0.981. The highest BCUT2D eigenvalue weighted by Crippen LogP contribution is 2.21. The Kier molecular flexibility index (Phi) is 2.27. The van der Waals surface area contributed by atoms with Crippen molar-refractivity contribution < 1.29 is 0 Å². The molecule has 0 unspecified atom stereocenters. The molecule has 0 radical (unpaired) electrons. The number of para-hydroxylation sites is 1. The first-order valence-corrected chi connectivity index (χ1v) is 5.80. The maximum atomic E-state index is 4.43. The molecule has 0 saturated heterocycles. The molecule has 1 aromatic carbocycles. The van der Waals surface area contributed by atoms with Crippen molar-refractivity contribution in [3.8, 4) is 0 Å². The molecule has 0 aliphatic rings. The smallest absolute Gasteiger partial charge is 0.166 e. The van der Waals surface area contributed by atoms with Crippen LogP contribution in [0.3, 0.4) is 0 Å². The summed E-state index contributed by atoms with van der Waals surface area (Å²) in [5.41, 5.74) is 2.19. The molecule has 0 bridgehead atoms. The van der Waals surface area contributed by atoms with E-state index in [1.54, 1.807) is 11.8 Å². The van der Waals surface area contributed by atoms with Crippen molar-refractivity contribution in [1.82, 2.24) is 9.97 Å². The lowest BCUT2D eigenvalue weighted by Crippen LogP contribution is -1.73. The van der Waals surface area contributed by atoms with E-state index in [9.17, 15) is 0 Å². The van der Waals surface area contributed by atoms with Crippen LogP contribution in [0.1, 0.15) is 0 Å². The molecule has 1 N–H and O–H groups in total. The fourth-order valence-corrected chi connectivity index (χ4v) is 2.08. The molecule has 0 fully saturated rings. The number of nitrogens with zero attached hydrogens (tertiary/aromatic N) is 1. The van der Waals surface area contributed by atoms with Gasteiger partial charge < -0.3 is 4.98 Å². The Morgan fingerprint density at radius 3 is 3.00 bits per heavy atom. The normalized spacial score (nSPS) is 10.8. The Balaban J connectivity index is 2.74. The highest BCUT2D eigenvalue weighted by molar-refractivity contribution is 14.1. The van der Waals surface area contributed by atoms with Crippen LogP contribution in [0.25, 0.3) is 11.0 Å². The number of nitrogens with one attached hydrogen (secondary N) is 1. The summed E-state index contributed by atoms with van der Waals surface area (Å²) in [7, 11) is 0. The third-order valence-electron chi connectivity index (χ3n) is 1.64. The zero-order valence-electron chi connectivity index (χ0n) is 6.47. The van der Waals surface area contributed by atoms with Crippen LogP contribution < -0.4 is 0 Å². The first-order valence-electron chi connectivity index (χ1n) is 3.49. The van der Waals surface area contributed by atoms with Gasteiger partial charge in [0.1, 0.15) is 5.52 Å². The Hall–Kier alpha value is -0.230. The molecule has 0 saturated carbocycles. The van der Waals surface area contributed by atoms with Gasteiger partial charge in [-0.15, -0.1) is 0 Å². The predicted octanol–water partition coefficient (Wildman–Crippen LogP) is 2.89. The zero-order chi connectivity index (χ0) is 8.55. The summed E-state index contributed by atoms with van der Waals surface area (Å²) in [6.45, 7) is 0. The van der Waals surface area contributed by atoms with Gasteiger partial charge in [0.2, 0.25) is 0 Å². The van der Waals surface area contributed by atoms with Gasteiger partial charge in [0.05, 0.1) is 5.52 Å². The molecule has 0 amide bonds. The Morgan fingerprint density at radius 1 is 1.50 bits per heavy atom. The maximum Gasteiger partial charge on any atom is 0.166 e. The Bertz CT molecular complexity index is 410. The highest BCUT2D eigenvalue weighted by Gasteiger charge is 2.03. The number of aromatic nitrogens is 2. The molecule has 0 spiro atoms. The number of hydrogen-bond donors (Lipinski definition) is 1. The van der Waals surface area contributed by atoms with Crippen molar-refractivity contribution >= 4 is 45.4 Å². The monoisotopic (exact) mass is 290 g/mol. The number of imidazole rings is 1. The molecule has 12 heavy (non-hydrogen) atoms. The summed E-state index contributed by atoms with van der Waals surface area (Å²) in [5, 5.41) is 0.981. The van der Waals surface area contributed by atoms with Gasteiger partial charge in [0.25, 0.3) is 0 Å². The standard InChI is InChI=1S/C8H7IN2S/c1-12-8-10-6-4-2-3-5(9)7(6)11-8/h2-4H,1H3,(H,10,11). The molecule has 2 rings (SSSR count). The van der Waals surface area contributed by atoms with Gasteiger partial charge in [-0.3, -0.25) is 0 Å². The Morgan fingerprint density at radius 2 is 2.33 bits per heavy atom. The molecule has 4 heteroatoms. The topological polar surface area (TPSA) is 28.7 Å². The fraction of sp³-hybridized carbons (Fsp3) is 0.125. The first-order chi connectivity index (χ1) is 5.81. The third kappa shape index (κ3) is 1.33. The number of aromatic amines is 1. The number of rotatable bonds is 1. The van der Waals surface area contributed by atoms with Gasteiger partial charge in [-0.1, -0.05) is 17.8 Å². The van der Waals surface area contributed by atoms with Crippen molar-refractivity contribution in [2.45, 2.75) is 5.16 Å². The zero-order valence-corrected chi connectivity index (χ0v) is 9.44. The largest absolute Gasteiger partial charge is 0.333 e. The van der Waals surface area contributed by atoms with Crippen LogP contribution in [-0.2, 0) is 0 Å². The lowest BCUT2D eigenvalue weighted by molar-refractivity contribution is 1.08. The number of halogens is 1. The number of fused-ring (bicyclic) bond motifs is 1. The van der Waals surface area contributed by atoms with Crippen LogP contribution in [-0.4, -0.2) is 16.2 Å². The maximum absolute atomic E-state index is 4.43. The molecule has 2 aromatic rings. The van der Waals surface area contributed by atoms with Crippen molar-refractivity contribution in [3.63, 3.8) is 0 Å². The molecular formula is C8H7IN2S. The quantitative estimate of drug-likeness (QED) is 0.646. The van der Waals surface area contributed by atoms with E-state index in [0.717, 1.165) is 16.2 Å². The van der Waals surface area contributed by atoms with Crippen LogP contribution in [0.4, 0.5) is 0 Å². The van der Waals surface area contributed by atoms with E-state index >= 15 is 0 Å². The lowest BCUT2D eigenvalue weighted by atomic mass is 10.3. The summed E-state index contributed by atoms with van der Waals surface area (Å²) in [6.07, 6.45) is 2.02. The number of thioether (sulfide) groups is 1. The van der Waals surface area contributed by atoms with Gasteiger partial charge >= 0.3 is 0 Å². The van der Waals surface area contributed by atoms with Gasteiger partial charge in [-0.2, -0.15) is 0 Å². The second-order valence-electron chi connectivity index (χ2n) is 2.38. The molecule has 1 aromatic heterocycles. The number of benzene rings is 1. The third-order valence-corrected chi connectivity index (χ3v) is 3.09. The summed E-state index contributed by atoms with van der Waals surface area (Å²) in [5.74, 6) is 0. The van der Waals surface area contributed by atoms with Crippen LogP contribution >= 0.6 is 34.4 Å². The number of hydrogen-bond acceptors (Lipinski definition) is 2. The molecule has 1 heterocycles. The minimum atomic E-state index is 0.981. The van der Waals surface area contributed by atoms with Crippen molar-refractivity contribution in [3.05, 3.63) is 21.8 Å². The van der Waals surface area contributed by atoms with E-state index in [-0.39, 0.29) is 0 Å². The van der Waals surface area contributed by atoms with Gasteiger partial charge in [0, 0.05) is 3.57 Å². The summed E-state index contributed by atoms with van der Waals surface area (Å²) >= 11 is 3.93. The van der Waals surface area contributed by atoms with E-state index in [2.05, 4.69) is 38.6 Å². The second-order valence-corrected chi connectivity index (χ2v) is 4.34. The number of H-pyrrole nitrogens is 1. The SMILES string of the molecule is CSc1nc2c(I)cccc2[nH]1. The fourth-order valence-electron chi connectivity index (χ4n) is 1.07. The van der Waals surface area contributed by atoms with E-state index in [1.165, 1.54) is 3.57 Å². The average molecular weight is 290 g/mol. The molecule has 0 aliphatic carbocycles. The molecule has 62 valence electrons. The predicted molar refractivity (Wildman–Crippen MR) is 60.6 cm³/mol. The summed E-state index contributed by atoms with van der Waals surface area (Å²) < 4.78 is 1.20. The van der Waals surface area contributed by atoms with Gasteiger partial charge in [-0.25, -0.2) is 4.98 Å². The van der Waals surface area contributed by atoms with Crippen LogP contribution in [0.15, 0.2) is 23.4 Å². The van der Waals surface area contributed by atoms with E-state index in [4.69, 9.17) is 0 Å². The second kappa shape index (κ2) is 3.26. The first kappa shape index (κ1) is 8.37. The van der Waals surface area contributed by atoms with E-state index in [1.807, 2.05) is 18.4 Å². The lowest BCUT2D eigenvalue weighted by Gasteiger charge is -1.88. The van der Waals surface area contributed by atoms with Gasteiger partial charge in [-0.05, 0) is 41.0 Å². The molecule has 0 atom stereocenters. The Labute approximate surface area is 88.3 Å². The van der Waals surface area contributed by atoms with Crippen molar-refractivity contribution in [2.75, 3.05) is 6.26 Å². The van der Waals surface area contributed by atoms with E-state index in [0.29, 0.717) is 0 Å². The van der Waals surface area contributed by atoms with Gasteiger partial charge in [0.15, 0.2) is 5.16 Å². The van der Waals surface area contributed by atoms with Crippen LogP contribution in [0.5, 0.6) is 0 Å². The van der Waals surface area contributed by atoms with Crippen molar-refractivity contribution in [1.29, 1.82) is 0 Å². The van der Waals surface area contributed by atoms with Crippen LogP contribution in [0.2, 0.25) is 0 Å². The van der Waals surface area contributed by atoms with Crippen LogP contribution in [0, 0.1) is 3.57 Å². The molecule has 0 aliphatic heterocycles.